The molecule has 8 N–H and O–H groups in total. The normalized spacial score (nSPS) is 41.0. The summed E-state index contributed by atoms with van der Waals surface area (Å²) in [5.74, 6) is 0. The molecule has 2 aliphatic heterocycles. The van der Waals surface area contributed by atoms with Crippen molar-refractivity contribution in [3.8, 4) is 0 Å². The van der Waals surface area contributed by atoms with Crippen molar-refractivity contribution < 1.29 is 54.8 Å². The van der Waals surface area contributed by atoms with Gasteiger partial charge in [0.15, 0.2) is 6.29 Å². The number of ether oxygens (including phenoxy) is 3. The number of hydrogen-bond donors (Lipinski definition) is 8. The van der Waals surface area contributed by atoms with Crippen LogP contribution in [-0.4, -0.2) is 124 Å². The summed E-state index contributed by atoms with van der Waals surface area (Å²) in [5.41, 5.74) is 2.63. The predicted molar refractivity (Wildman–Crippen MR) is 106 cm³/mol. The van der Waals surface area contributed by atoms with Crippen molar-refractivity contribution in [1.82, 2.24) is 5.48 Å². The molecule has 2 aliphatic rings. The van der Waals surface area contributed by atoms with Gasteiger partial charge >= 0.3 is 0 Å². The molecule has 2 saturated heterocycles. The van der Waals surface area contributed by atoms with E-state index in [0.29, 0.717) is 6.61 Å². The van der Waals surface area contributed by atoms with Crippen molar-refractivity contribution >= 4 is 0 Å². The van der Waals surface area contributed by atoms with Gasteiger partial charge in [-0.15, -0.1) is 0 Å². The van der Waals surface area contributed by atoms with Crippen LogP contribution in [-0.2, 0) is 19.0 Å². The zero-order valence-corrected chi connectivity index (χ0v) is 16.2. The molecule has 30 heavy (non-hydrogen) atoms. The number of rotatable bonds is 6. The molecule has 2 rings (SSSR count). The fraction of sp³-hybridized carbons (Fsp3) is 1.00. The van der Waals surface area contributed by atoms with E-state index >= 15 is 0 Å². The summed E-state index contributed by atoms with van der Waals surface area (Å²) in [5, 5.41) is 64.8. The molecule has 0 aromatic carbocycles. The molecule has 0 aliphatic carbocycles. The van der Waals surface area contributed by atoms with Crippen LogP contribution in [0.4, 0.5) is 0 Å². The van der Waals surface area contributed by atoms with Crippen molar-refractivity contribution in [2.24, 2.45) is 0 Å². The molecule has 2 fully saturated rings. The van der Waals surface area contributed by atoms with E-state index in [4.69, 9.17) is 29.3 Å². The Bertz CT molecular complexity index is 413. The third-order valence-electron chi connectivity index (χ3n) is 4.62. The third kappa shape index (κ3) is 7.89. The number of aliphatic hydroxyl groups excluding tert-OH is 7. The van der Waals surface area contributed by atoms with Gasteiger partial charge in [0.2, 0.25) is 0 Å². The van der Waals surface area contributed by atoms with E-state index in [1.165, 1.54) is 7.11 Å². The second kappa shape index (κ2) is 15.3. The van der Waals surface area contributed by atoms with Gasteiger partial charge in [-0.1, -0.05) is 14.9 Å². The quantitative estimate of drug-likeness (QED) is 0.194. The van der Waals surface area contributed by atoms with E-state index in [1.807, 2.05) is 0 Å². The van der Waals surface area contributed by atoms with Crippen LogP contribution in [0.15, 0.2) is 0 Å². The Kier molecular flexibility index (Phi) is 16.2. The first-order chi connectivity index (χ1) is 13.2. The Morgan fingerprint density at radius 3 is 1.77 bits per heavy atom. The van der Waals surface area contributed by atoms with E-state index in [1.54, 1.807) is 13.8 Å². The van der Waals surface area contributed by atoms with E-state index < -0.39 is 61.7 Å². The zero-order chi connectivity index (χ0) is 21.4. The molecular formula is C18H41NO11. The van der Waals surface area contributed by atoms with Gasteiger partial charge in [0.25, 0.3) is 0 Å². The van der Waals surface area contributed by atoms with Gasteiger partial charge in [-0.2, -0.15) is 5.48 Å². The van der Waals surface area contributed by atoms with E-state index in [2.05, 4.69) is 5.48 Å². The summed E-state index contributed by atoms with van der Waals surface area (Å²) in [6, 6.07) is -0.497. The van der Waals surface area contributed by atoms with Crippen molar-refractivity contribution in [3.05, 3.63) is 0 Å². The summed E-state index contributed by atoms with van der Waals surface area (Å²) in [6.07, 6.45) is -9.12. The Balaban J connectivity index is 0. The second-order valence-corrected chi connectivity index (χ2v) is 6.55. The molecule has 0 bridgehead atoms. The number of hydrogen-bond acceptors (Lipinski definition) is 12. The van der Waals surface area contributed by atoms with Gasteiger partial charge in [0.1, 0.15) is 42.7 Å². The van der Waals surface area contributed by atoms with Crippen LogP contribution in [0.1, 0.15) is 28.7 Å². The van der Waals surface area contributed by atoms with E-state index in [0.717, 1.165) is 0 Å². The van der Waals surface area contributed by atoms with Crippen LogP contribution < -0.4 is 5.48 Å². The lowest BCUT2D eigenvalue weighted by molar-refractivity contribution is -0.294. The Morgan fingerprint density at radius 2 is 1.30 bits per heavy atom. The first-order valence-electron chi connectivity index (χ1n) is 9.06. The Hall–Kier alpha value is -0.480. The Morgan fingerprint density at radius 1 is 0.800 bits per heavy atom. The topological polar surface area (TPSA) is 191 Å². The third-order valence-corrected chi connectivity index (χ3v) is 4.62. The monoisotopic (exact) mass is 447 g/mol. The predicted octanol–water partition coefficient (Wildman–Crippen LogP) is -2.90. The van der Waals surface area contributed by atoms with Crippen LogP contribution in [0.2, 0.25) is 0 Å². The summed E-state index contributed by atoms with van der Waals surface area (Å²) in [6.45, 7) is 3.25. The molecule has 0 amide bonds. The summed E-state index contributed by atoms with van der Waals surface area (Å²) < 4.78 is 15.0. The van der Waals surface area contributed by atoms with Crippen LogP contribution >= 0.6 is 0 Å². The van der Waals surface area contributed by atoms with Crippen molar-refractivity contribution in [2.75, 3.05) is 26.9 Å². The molecule has 12 heteroatoms. The minimum absolute atomic E-state index is 0. The minimum Gasteiger partial charge on any atom is -0.394 e. The molecule has 12 nitrogen and oxygen atoms in total. The molecule has 0 saturated carbocycles. The molecule has 10 atom stereocenters. The standard InChI is InChI=1S/C9H19NO5.C7H14O6.2CH4/c1-3-14-10-7-5(2)15-6(4-11)8(12)9(7)13;1-12-7-6(11)5(10)4(9)3(2-8)13-7;;/h5-13H,3-4H2,1-2H3;3-11H,2H2,1H3;2*1H4/t5-,6?,7?,8+,9+;3?,4-,5-,6?,7+;;/m11../s1. The smallest absolute Gasteiger partial charge is 0.186 e. The van der Waals surface area contributed by atoms with Crippen molar-refractivity contribution in [1.29, 1.82) is 0 Å². The fourth-order valence-corrected chi connectivity index (χ4v) is 2.91. The van der Waals surface area contributed by atoms with Crippen molar-refractivity contribution in [2.45, 2.75) is 89.9 Å². The molecule has 184 valence electrons. The number of methoxy groups -OCH3 is 1. The number of nitrogens with one attached hydrogen (secondary N) is 1. The van der Waals surface area contributed by atoms with Gasteiger partial charge in [-0.05, 0) is 13.8 Å². The zero-order valence-electron chi connectivity index (χ0n) is 16.2. The summed E-state index contributed by atoms with van der Waals surface area (Å²) in [4.78, 5) is 4.97. The van der Waals surface area contributed by atoms with Crippen LogP contribution in [0, 0.1) is 0 Å². The highest BCUT2D eigenvalue weighted by atomic mass is 16.7. The van der Waals surface area contributed by atoms with Crippen molar-refractivity contribution in [3.63, 3.8) is 0 Å². The SMILES string of the molecule is C.C.CCONC1[C@@H](C)OC(CO)[C@H](O)[C@H]1O.CO[C@H]1OC(CO)[C@@H](O)[C@@H](O)C1O. The average molecular weight is 448 g/mol. The second-order valence-electron chi connectivity index (χ2n) is 6.55. The first-order valence-corrected chi connectivity index (χ1v) is 9.06. The Labute approximate surface area is 177 Å². The van der Waals surface area contributed by atoms with Gasteiger partial charge in [-0.3, -0.25) is 0 Å². The maximum atomic E-state index is 9.75. The summed E-state index contributed by atoms with van der Waals surface area (Å²) >= 11 is 0. The van der Waals surface area contributed by atoms with Crippen LogP contribution in [0.25, 0.3) is 0 Å². The van der Waals surface area contributed by atoms with Gasteiger partial charge in [0, 0.05) is 7.11 Å². The molecule has 0 aromatic heterocycles. The number of hydroxylamine groups is 1. The lowest BCUT2D eigenvalue weighted by Gasteiger charge is -2.41. The molecule has 2 heterocycles. The first kappa shape index (κ1) is 31.7. The van der Waals surface area contributed by atoms with Crippen LogP contribution in [0.3, 0.4) is 0 Å². The largest absolute Gasteiger partial charge is 0.394 e. The van der Waals surface area contributed by atoms with Gasteiger partial charge in [-0.25, -0.2) is 0 Å². The molecule has 4 unspecified atom stereocenters. The average Bonchev–Trinajstić information content (AvgIpc) is 2.69. The molecule has 0 aromatic rings. The highest BCUT2D eigenvalue weighted by Gasteiger charge is 2.44. The number of aliphatic hydroxyl groups is 7. The maximum Gasteiger partial charge on any atom is 0.186 e. The fourth-order valence-electron chi connectivity index (χ4n) is 2.91. The molecule has 0 radical (unpaired) electrons. The van der Waals surface area contributed by atoms with Gasteiger partial charge in [0.05, 0.1) is 32.0 Å². The highest BCUT2D eigenvalue weighted by molar-refractivity contribution is 4.93. The van der Waals surface area contributed by atoms with Gasteiger partial charge < -0.3 is 54.8 Å². The van der Waals surface area contributed by atoms with E-state index in [-0.39, 0.29) is 27.6 Å². The highest BCUT2D eigenvalue weighted by Crippen LogP contribution is 2.21. The molecular weight excluding hydrogens is 406 g/mol. The lowest BCUT2D eigenvalue weighted by Crippen LogP contribution is -2.62. The minimum atomic E-state index is -1.36. The lowest BCUT2D eigenvalue weighted by atomic mass is 9.94. The van der Waals surface area contributed by atoms with E-state index in [9.17, 15) is 25.5 Å². The summed E-state index contributed by atoms with van der Waals surface area (Å²) in [7, 11) is 1.30. The molecule has 0 spiro atoms. The van der Waals surface area contributed by atoms with Crippen LogP contribution in [0.5, 0.6) is 0 Å². The maximum absolute atomic E-state index is 9.75.